The minimum Gasteiger partial charge on any atom is -0.477 e. The lowest BCUT2D eigenvalue weighted by molar-refractivity contribution is -0.0917. The van der Waals surface area contributed by atoms with Crippen molar-refractivity contribution in [3.8, 4) is 0 Å². The van der Waals surface area contributed by atoms with Gasteiger partial charge in [-0.15, -0.1) is 11.3 Å². The van der Waals surface area contributed by atoms with Gasteiger partial charge in [0.1, 0.15) is 4.88 Å². The van der Waals surface area contributed by atoms with Gasteiger partial charge in [-0.1, -0.05) is 6.92 Å². The molecule has 7 heteroatoms. The molecule has 1 aromatic heterocycles. The Morgan fingerprint density at radius 1 is 1.46 bits per heavy atom. The summed E-state index contributed by atoms with van der Waals surface area (Å²) < 4.78 is 6.11. The molecule has 3 heterocycles. The third kappa shape index (κ3) is 3.15. The number of thiophene rings is 1. The summed E-state index contributed by atoms with van der Waals surface area (Å²) in [6, 6.07) is 1.92. The Bertz CT molecular complexity index is 635. The summed E-state index contributed by atoms with van der Waals surface area (Å²) in [6.07, 6.45) is 3.10. The molecular formula is C17H24N2O4S. The van der Waals surface area contributed by atoms with Crippen LogP contribution in [0.2, 0.25) is 0 Å². The maximum Gasteiger partial charge on any atom is 0.345 e. The van der Waals surface area contributed by atoms with E-state index in [0.717, 1.165) is 23.3 Å². The highest BCUT2D eigenvalue weighted by atomic mass is 32.1. The second-order valence-corrected chi connectivity index (χ2v) is 7.73. The van der Waals surface area contributed by atoms with Crippen molar-refractivity contribution in [1.82, 2.24) is 10.2 Å². The van der Waals surface area contributed by atoms with Gasteiger partial charge in [-0.2, -0.15) is 0 Å². The molecule has 0 saturated carbocycles. The van der Waals surface area contributed by atoms with E-state index in [2.05, 4.69) is 5.32 Å². The number of carbonyl (C=O) groups is 2. The summed E-state index contributed by atoms with van der Waals surface area (Å²) >= 11 is 1.36. The number of likely N-dealkylation sites (tertiary alicyclic amines) is 1. The van der Waals surface area contributed by atoms with E-state index in [0.29, 0.717) is 37.4 Å². The van der Waals surface area contributed by atoms with Crippen LogP contribution < -0.4 is 5.32 Å². The highest BCUT2D eigenvalue weighted by Crippen LogP contribution is 2.44. The Hall–Kier alpha value is -1.60. The van der Waals surface area contributed by atoms with Gasteiger partial charge < -0.3 is 20.1 Å². The van der Waals surface area contributed by atoms with E-state index in [9.17, 15) is 14.7 Å². The maximum atomic E-state index is 12.3. The Labute approximate surface area is 145 Å². The number of aromatic carboxylic acids is 1. The Balaban J connectivity index is 1.72. The molecule has 1 spiro atoms. The predicted octanol–water partition coefficient (Wildman–Crippen LogP) is 2.82. The van der Waals surface area contributed by atoms with E-state index in [1.54, 1.807) is 6.07 Å². The molecule has 1 atom stereocenters. The van der Waals surface area contributed by atoms with Gasteiger partial charge in [0.15, 0.2) is 0 Å². The number of urea groups is 1. The van der Waals surface area contributed by atoms with E-state index in [1.165, 1.54) is 11.3 Å². The van der Waals surface area contributed by atoms with Crippen molar-refractivity contribution in [2.75, 3.05) is 19.7 Å². The summed E-state index contributed by atoms with van der Waals surface area (Å²) in [7, 11) is 0. The number of carboxylic acids is 1. The molecule has 1 unspecified atom stereocenters. The number of carbonyl (C=O) groups excluding carboxylic acids is 1. The van der Waals surface area contributed by atoms with Gasteiger partial charge in [0, 0.05) is 30.4 Å². The minimum absolute atomic E-state index is 0.0215. The lowest BCUT2D eigenvalue weighted by Gasteiger charge is -2.44. The summed E-state index contributed by atoms with van der Waals surface area (Å²) in [4.78, 5) is 26.9. The Morgan fingerprint density at radius 2 is 2.17 bits per heavy atom. The molecule has 2 aliphatic heterocycles. The summed E-state index contributed by atoms with van der Waals surface area (Å²) in [5.74, 6) is -0.880. The normalized spacial score (nSPS) is 20.5. The van der Waals surface area contributed by atoms with E-state index >= 15 is 0 Å². The molecule has 2 amide bonds. The monoisotopic (exact) mass is 352 g/mol. The van der Waals surface area contributed by atoms with Crippen LogP contribution in [0.5, 0.6) is 0 Å². The standard InChI is InChI=1S/C17H24N2O4S/c1-3-11(2)18-16(22)19-7-5-17(6-8-19)12-10-14(15(20)21)24-13(12)4-9-23-17/h10-11H,3-9H2,1-2H3,(H,18,22)(H,20,21). The summed E-state index contributed by atoms with van der Waals surface area (Å²) in [5.41, 5.74) is 0.600. The molecule has 0 radical (unpaired) electrons. The quantitative estimate of drug-likeness (QED) is 0.877. The minimum atomic E-state index is -0.880. The zero-order valence-electron chi connectivity index (χ0n) is 14.1. The highest BCUT2D eigenvalue weighted by molar-refractivity contribution is 7.14. The molecular weight excluding hydrogens is 328 g/mol. The fourth-order valence-electron chi connectivity index (χ4n) is 3.41. The third-order valence-electron chi connectivity index (χ3n) is 5.06. The average Bonchev–Trinajstić information content (AvgIpc) is 3.01. The van der Waals surface area contributed by atoms with Gasteiger partial charge >= 0.3 is 12.0 Å². The van der Waals surface area contributed by atoms with Crippen LogP contribution in [0.4, 0.5) is 4.79 Å². The zero-order chi connectivity index (χ0) is 17.3. The van der Waals surface area contributed by atoms with Crippen molar-refractivity contribution in [1.29, 1.82) is 0 Å². The van der Waals surface area contributed by atoms with Gasteiger partial charge in [-0.25, -0.2) is 9.59 Å². The molecule has 2 aliphatic rings. The first-order chi connectivity index (χ1) is 11.4. The number of ether oxygens (including phenoxy) is 1. The molecule has 1 fully saturated rings. The molecule has 6 nitrogen and oxygen atoms in total. The van der Waals surface area contributed by atoms with Gasteiger partial charge in [-0.05, 0) is 37.8 Å². The lowest BCUT2D eigenvalue weighted by atomic mass is 9.82. The smallest absolute Gasteiger partial charge is 0.345 e. The van der Waals surface area contributed by atoms with Crippen LogP contribution in [0.25, 0.3) is 0 Å². The predicted molar refractivity (Wildman–Crippen MR) is 91.7 cm³/mol. The van der Waals surface area contributed by atoms with E-state index < -0.39 is 11.6 Å². The Morgan fingerprint density at radius 3 is 2.79 bits per heavy atom. The Kier molecular flexibility index (Phi) is 4.83. The molecule has 24 heavy (non-hydrogen) atoms. The number of nitrogens with zero attached hydrogens (tertiary/aromatic N) is 1. The SMILES string of the molecule is CCC(C)NC(=O)N1CCC2(CC1)OCCc1sc(C(=O)O)cc12. The number of carboxylic acid groups (broad SMARTS) is 1. The van der Waals surface area contributed by atoms with Gasteiger partial charge in [0.2, 0.25) is 0 Å². The number of piperidine rings is 1. The third-order valence-corrected chi connectivity index (χ3v) is 6.24. The second kappa shape index (κ2) is 6.72. The first kappa shape index (κ1) is 17.2. The second-order valence-electron chi connectivity index (χ2n) is 6.59. The van der Waals surface area contributed by atoms with Crippen molar-refractivity contribution in [3.63, 3.8) is 0 Å². The largest absolute Gasteiger partial charge is 0.477 e. The topological polar surface area (TPSA) is 78.9 Å². The van der Waals surface area contributed by atoms with Crippen molar-refractivity contribution < 1.29 is 19.4 Å². The summed E-state index contributed by atoms with van der Waals surface area (Å²) in [6.45, 7) is 5.91. The highest BCUT2D eigenvalue weighted by Gasteiger charge is 2.43. The maximum absolute atomic E-state index is 12.3. The number of hydrogen-bond acceptors (Lipinski definition) is 4. The number of fused-ring (bicyclic) bond motifs is 2. The van der Waals surface area contributed by atoms with Crippen molar-refractivity contribution in [2.45, 2.75) is 51.2 Å². The number of amides is 2. The van der Waals surface area contributed by atoms with Crippen molar-refractivity contribution >= 4 is 23.3 Å². The van der Waals surface area contributed by atoms with E-state index in [4.69, 9.17) is 4.74 Å². The first-order valence-electron chi connectivity index (χ1n) is 8.51. The van der Waals surface area contributed by atoms with E-state index in [1.807, 2.05) is 18.7 Å². The molecule has 3 rings (SSSR count). The number of hydrogen-bond donors (Lipinski definition) is 2. The van der Waals surface area contributed by atoms with Crippen LogP contribution in [-0.4, -0.2) is 47.7 Å². The zero-order valence-corrected chi connectivity index (χ0v) is 14.9. The van der Waals surface area contributed by atoms with E-state index in [-0.39, 0.29) is 12.1 Å². The fraction of sp³-hybridized carbons (Fsp3) is 0.647. The van der Waals surface area contributed by atoms with Crippen LogP contribution in [0.3, 0.4) is 0 Å². The van der Waals surface area contributed by atoms with Gasteiger partial charge in [-0.3, -0.25) is 0 Å². The van der Waals surface area contributed by atoms with Crippen molar-refractivity contribution in [3.05, 3.63) is 21.4 Å². The van der Waals surface area contributed by atoms with Gasteiger partial charge in [0.05, 0.1) is 12.2 Å². The van der Waals surface area contributed by atoms with Crippen LogP contribution in [0, 0.1) is 0 Å². The first-order valence-corrected chi connectivity index (χ1v) is 9.32. The fourth-order valence-corrected chi connectivity index (χ4v) is 4.48. The number of nitrogens with one attached hydrogen (secondary N) is 1. The number of rotatable bonds is 3. The summed E-state index contributed by atoms with van der Waals surface area (Å²) in [5, 5.41) is 12.3. The molecule has 0 bridgehead atoms. The van der Waals surface area contributed by atoms with Crippen LogP contribution in [0.1, 0.15) is 53.2 Å². The molecule has 0 aliphatic carbocycles. The van der Waals surface area contributed by atoms with Gasteiger partial charge in [0.25, 0.3) is 0 Å². The average molecular weight is 352 g/mol. The molecule has 0 aromatic carbocycles. The molecule has 132 valence electrons. The van der Waals surface area contributed by atoms with Crippen LogP contribution in [0.15, 0.2) is 6.07 Å². The lowest BCUT2D eigenvalue weighted by Crippen LogP contribution is -2.52. The van der Waals surface area contributed by atoms with Crippen molar-refractivity contribution in [2.24, 2.45) is 0 Å². The van der Waals surface area contributed by atoms with Crippen LogP contribution in [-0.2, 0) is 16.8 Å². The molecule has 1 aromatic rings. The molecule has 2 N–H and O–H groups in total. The molecule has 1 saturated heterocycles. The van der Waals surface area contributed by atoms with Crippen LogP contribution >= 0.6 is 11.3 Å².